The second-order valence-electron chi connectivity index (χ2n) is 17.3. The zero-order chi connectivity index (χ0) is 40.6. The van der Waals surface area contributed by atoms with Crippen molar-refractivity contribution >= 4 is 17.8 Å². The van der Waals surface area contributed by atoms with Gasteiger partial charge in [0, 0.05) is 38.9 Å². The summed E-state index contributed by atoms with van der Waals surface area (Å²) >= 11 is 0. The number of carbonyl (C=O) groups is 3. The number of amides is 1. The number of hydrogen-bond acceptors (Lipinski definition) is 6. The van der Waals surface area contributed by atoms with Crippen molar-refractivity contribution < 1.29 is 23.9 Å². The van der Waals surface area contributed by atoms with Gasteiger partial charge in [-0.3, -0.25) is 14.4 Å². The molecule has 330 valence electrons. The Balaban J connectivity index is 2.30. The molecule has 1 aliphatic rings. The smallest absolute Gasteiger partial charge is 0.306 e. The molecule has 0 aromatic carbocycles. The fraction of sp³-hybridized carbons (Fsp3) is 0.939. The van der Waals surface area contributed by atoms with Crippen molar-refractivity contribution in [3.8, 4) is 0 Å². The first-order chi connectivity index (χ1) is 27.5. The van der Waals surface area contributed by atoms with Crippen molar-refractivity contribution in [1.29, 1.82) is 0 Å². The molecule has 1 rings (SSSR count). The summed E-state index contributed by atoms with van der Waals surface area (Å²) in [5.74, 6) is 0.197. The zero-order valence-electron chi connectivity index (χ0n) is 37.7. The second kappa shape index (κ2) is 40.2. The number of rotatable bonds is 42. The number of hydrogen-bond donors (Lipinski definition) is 0. The molecule has 0 atom stereocenters. The summed E-state index contributed by atoms with van der Waals surface area (Å²) in [7, 11) is 0. The van der Waals surface area contributed by atoms with Crippen molar-refractivity contribution in [2.75, 3.05) is 39.3 Å². The highest BCUT2D eigenvalue weighted by molar-refractivity contribution is 5.76. The number of unbranched alkanes of at least 4 members (excludes halogenated alkanes) is 24. The molecule has 7 nitrogen and oxygen atoms in total. The van der Waals surface area contributed by atoms with E-state index in [1.807, 2.05) is 0 Å². The number of ether oxygens (including phenoxy) is 2. The maximum atomic E-state index is 13.3. The Morgan fingerprint density at radius 1 is 0.482 bits per heavy atom. The lowest BCUT2D eigenvalue weighted by molar-refractivity contribution is -0.150. The minimum absolute atomic E-state index is 0.00574. The highest BCUT2D eigenvalue weighted by atomic mass is 16.5. The van der Waals surface area contributed by atoms with E-state index in [4.69, 9.17) is 9.47 Å². The molecule has 1 heterocycles. The summed E-state index contributed by atoms with van der Waals surface area (Å²) in [5, 5.41) is 0. The average molecular weight is 791 g/mol. The molecule has 0 radical (unpaired) electrons. The third-order valence-corrected chi connectivity index (χ3v) is 11.9. The van der Waals surface area contributed by atoms with Crippen molar-refractivity contribution in [3.63, 3.8) is 0 Å². The molecule has 7 heteroatoms. The Morgan fingerprint density at radius 2 is 0.893 bits per heavy atom. The van der Waals surface area contributed by atoms with E-state index in [2.05, 4.69) is 30.6 Å². The maximum absolute atomic E-state index is 13.3. The standard InChI is InChI=1S/C49H94N2O5/c1-4-7-10-13-16-17-18-24-34-45-55-48(53)37-29-25-31-43-51(47(52)39-44-50-40-32-33-41-50)42-30-23-19-22-28-38-49(54)56-46(35-26-20-14-11-8-5-2)36-27-21-15-12-9-6-3/h46H,4-45H2,1-3H3. The van der Waals surface area contributed by atoms with Crippen molar-refractivity contribution in [3.05, 3.63) is 0 Å². The Labute approximate surface area is 347 Å². The zero-order valence-corrected chi connectivity index (χ0v) is 37.7. The molecule has 1 aliphatic heterocycles. The van der Waals surface area contributed by atoms with Gasteiger partial charge in [-0.1, -0.05) is 162 Å². The van der Waals surface area contributed by atoms with Gasteiger partial charge in [-0.2, -0.15) is 0 Å². The number of carbonyl (C=O) groups excluding carboxylic acids is 3. The number of likely N-dealkylation sites (tertiary alicyclic amines) is 1. The third-order valence-electron chi connectivity index (χ3n) is 11.9. The van der Waals surface area contributed by atoms with Crippen LogP contribution in [0, 0.1) is 0 Å². The number of esters is 2. The van der Waals surface area contributed by atoms with Crippen LogP contribution >= 0.6 is 0 Å². The number of nitrogens with zero attached hydrogens (tertiary/aromatic N) is 2. The molecule has 0 aromatic rings. The first kappa shape index (κ1) is 52.4. The third kappa shape index (κ3) is 33.4. The molecule has 0 bridgehead atoms. The van der Waals surface area contributed by atoms with Crippen molar-refractivity contribution in [2.24, 2.45) is 0 Å². The average Bonchev–Trinajstić information content (AvgIpc) is 3.72. The van der Waals surface area contributed by atoms with Gasteiger partial charge >= 0.3 is 11.9 Å². The minimum Gasteiger partial charge on any atom is -0.466 e. The lowest BCUT2D eigenvalue weighted by atomic mass is 10.0. The normalized spacial score (nSPS) is 13.1. The largest absolute Gasteiger partial charge is 0.466 e. The molecule has 0 aliphatic carbocycles. The monoisotopic (exact) mass is 791 g/mol. The van der Waals surface area contributed by atoms with Gasteiger partial charge in [-0.15, -0.1) is 0 Å². The Morgan fingerprint density at radius 3 is 1.41 bits per heavy atom. The Kier molecular flexibility index (Phi) is 37.6. The highest BCUT2D eigenvalue weighted by Crippen LogP contribution is 2.19. The summed E-state index contributed by atoms with van der Waals surface area (Å²) in [6.45, 7) is 12.0. The van der Waals surface area contributed by atoms with Crippen LogP contribution in [-0.4, -0.2) is 73.1 Å². The summed E-state index contributed by atoms with van der Waals surface area (Å²) < 4.78 is 11.5. The lowest BCUT2D eigenvalue weighted by Crippen LogP contribution is -2.35. The molecule has 0 saturated carbocycles. The van der Waals surface area contributed by atoms with Crippen LogP contribution in [0.2, 0.25) is 0 Å². The molecular weight excluding hydrogens is 697 g/mol. The van der Waals surface area contributed by atoms with Gasteiger partial charge in [0.25, 0.3) is 0 Å². The molecule has 0 aromatic heterocycles. The topological polar surface area (TPSA) is 76.1 Å². The molecule has 1 saturated heterocycles. The van der Waals surface area contributed by atoms with Crippen molar-refractivity contribution in [1.82, 2.24) is 9.80 Å². The van der Waals surface area contributed by atoms with E-state index in [0.717, 1.165) is 110 Å². The highest BCUT2D eigenvalue weighted by Gasteiger charge is 2.18. The van der Waals surface area contributed by atoms with Gasteiger partial charge in [0.15, 0.2) is 0 Å². The van der Waals surface area contributed by atoms with Gasteiger partial charge in [0.1, 0.15) is 6.10 Å². The fourth-order valence-electron chi connectivity index (χ4n) is 8.11. The van der Waals surface area contributed by atoms with Crippen molar-refractivity contribution in [2.45, 2.75) is 258 Å². The second-order valence-corrected chi connectivity index (χ2v) is 17.3. The predicted molar refractivity (Wildman–Crippen MR) is 237 cm³/mol. The SMILES string of the molecule is CCCCCCCCCCCOC(=O)CCCCCN(CCCCCCCC(=O)OC(CCCCCCCC)CCCCCCCC)C(=O)CCN1CCCC1. The summed E-state index contributed by atoms with van der Waals surface area (Å²) in [6, 6.07) is 0. The van der Waals surface area contributed by atoms with Gasteiger partial charge in [-0.05, 0) is 83.7 Å². The first-order valence-corrected chi connectivity index (χ1v) is 24.8. The molecule has 1 amide bonds. The van der Waals surface area contributed by atoms with Crippen LogP contribution < -0.4 is 0 Å². The van der Waals surface area contributed by atoms with E-state index >= 15 is 0 Å². The first-order valence-electron chi connectivity index (χ1n) is 24.8. The molecule has 0 spiro atoms. The quantitative estimate of drug-likeness (QED) is 0.0453. The van der Waals surface area contributed by atoms with Crippen LogP contribution in [0.1, 0.15) is 252 Å². The lowest BCUT2D eigenvalue weighted by Gasteiger charge is -2.24. The van der Waals surface area contributed by atoms with Crippen LogP contribution in [0.15, 0.2) is 0 Å². The molecular formula is C49H94N2O5. The van der Waals surface area contributed by atoms with Gasteiger partial charge in [0.2, 0.25) is 5.91 Å². The van der Waals surface area contributed by atoms with E-state index in [1.54, 1.807) is 0 Å². The van der Waals surface area contributed by atoms with E-state index in [0.29, 0.717) is 25.9 Å². The van der Waals surface area contributed by atoms with E-state index in [1.165, 1.54) is 135 Å². The van der Waals surface area contributed by atoms with Gasteiger partial charge in [0.05, 0.1) is 6.61 Å². The minimum atomic E-state index is -0.0717. The van der Waals surface area contributed by atoms with E-state index in [-0.39, 0.29) is 23.9 Å². The van der Waals surface area contributed by atoms with Crippen LogP contribution in [0.5, 0.6) is 0 Å². The molecule has 1 fully saturated rings. The fourth-order valence-corrected chi connectivity index (χ4v) is 8.11. The predicted octanol–water partition coefficient (Wildman–Crippen LogP) is 13.7. The van der Waals surface area contributed by atoms with Crippen LogP contribution in [0.4, 0.5) is 0 Å². The van der Waals surface area contributed by atoms with Gasteiger partial charge in [-0.25, -0.2) is 0 Å². The van der Waals surface area contributed by atoms with E-state index < -0.39 is 0 Å². The maximum Gasteiger partial charge on any atom is 0.306 e. The Hall–Kier alpha value is -1.63. The molecule has 56 heavy (non-hydrogen) atoms. The van der Waals surface area contributed by atoms with Crippen LogP contribution in [0.25, 0.3) is 0 Å². The summed E-state index contributed by atoms with van der Waals surface area (Å²) in [4.78, 5) is 42.9. The summed E-state index contributed by atoms with van der Waals surface area (Å²) in [5.41, 5.74) is 0. The molecule has 0 unspecified atom stereocenters. The van der Waals surface area contributed by atoms with Crippen LogP contribution in [-0.2, 0) is 23.9 Å². The summed E-state index contributed by atoms with van der Waals surface area (Å²) in [6.07, 6.45) is 40.7. The Bertz CT molecular complexity index is 876. The van der Waals surface area contributed by atoms with Crippen LogP contribution in [0.3, 0.4) is 0 Å². The van der Waals surface area contributed by atoms with Gasteiger partial charge < -0.3 is 19.3 Å². The van der Waals surface area contributed by atoms with E-state index in [9.17, 15) is 14.4 Å². The molecule has 0 N–H and O–H groups in total.